The second-order valence-corrected chi connectivity index (χ2v) is 10.4. The van der Waals surface area contributed by atoms with Gasteiger partial charge in [0.1, 0.15) is 0 Å². The molecule has 3 aromatic carbocycles. The van der Waals surface area contributed by atoms with Crippen molar-refractivity contribution >= 4 is 11.6 Å². The predicted octanol–water partition coefficient (Wildman–Crippen LogP) is 5.40. The summed E-state index contributed by atoms with van der Waals surface area (Å²) in [6.07, 6.45) is -3.45. The smallest absolute Gasteiger partial charge is 0.258 e. The van der Waals surface area contributed by atoms with Crippen molar-refractivity contribution in [2.75, 3.05) is 5.32 Å². The third kappa shape index (κ3) is 7.06. The van der Waals surface area contributed by atoms with Crippen molar-refractivity contribution in [2.24, 2.45) is 0 Å². The Bertz CT molecular complexity index is 1370. The van der Waals surface area contributed by atoms with Gasteiger partial charge in [0, 0.05) is 29.9 Å². The fraction of sp³-hybridized carbons (Fsp3) is 0.303. The van der Waals surface area contributed by atoms with Crippen molar-refractivity contribution in [3.05, 3.63) is 102 Å². The molecule has 1 aromatic heterocycles. The standard InChI is InChI=1S/C33H38N2O5/c1-22(2)31-30(33(40)34-25-16-10-5-11-17-25)29(23-12-6-3-7-13-23)32(24-14-8-4-9-15-24)35(31)19-18-26(36)20-27(37)21-28(38)39/h3-17,22,26-28,36-39H,18-21H2,1-2H3,(H,34,40)/t26-,27-/m1/s1. The average Bonchev–Trinajstić information content (AvgIpc) is 3.28. The number of anilines is 1. The van der Waals surface area contributed by atoms with E-state index in [1.165, 1.54) is 0 Å². The molecule has 0 aliphatic heterocycles. The Morgan fingerprint density at radius 2 is 1.30 bits per heavy atom. The number of benzene rings is 3. The molecule has 0 fully saturated rings. The summed E-state index contributed by atoms with van der Waals surface area (Å²) in [5.41, 5.74) is 5.69. The van der Waals surface area contributed by atoms with Crippen molar-refractivity contribution < 1.29 is 25.2 Å². The molecular formula is C33H38N2O5. The van der Waals surface area contributed by atoms with Crippen LogP contribution in [0.2, 0.25) is 0 Å². The van der Waals surface area contributed by atoms with Crippen LogP contribution in [-0.4, -0.2) is 49.4 Å². The zero-order chi connectivity index (χ0) is 28.6. The van der Waals surface area contributed by atoms with E-state index < -0.39 is 18.5 Å². The number of nitrogens with zero attached hydrogens (tertiary/aromatic N) is 1. The van der Waals surface area contributed by atoms with E-state index in [1.54, 1.807) is 0 Å². The van der Waals surface area contributed by atoms with Gasteiger partial charge in [-0.2, -0.15) is 0 Å². The zero-order valence-corrected chi connectivity index (χ0v) is 22.9. The van der Waals surface area contributed by atoms with E-state index in [0.717, 1.165) is 28.1 Å². The summed E-state index contributed by atoms with van der Waals surface area (Å²) in [7, 11) is 0. The maximum atomic E-state index is 14.1. The van der Waals surface area contributed by atoms with Gasteiger partial charge in [-0.25, -0.2) is 0 Å². The molecule has 0 aliphatic carbocycles. The molecule has 0 aliphatic rings. The van der Waals surface area contributed by atoms with E-state index >= 15 is 0 Å². The highest BCUT2D eigenvalue weighted by atomic mass is 16.5. The van der Waals surface area contributed by atoms with Gasteiger partial charge in [0.15, 0.2) is 6.29 Å². The van der Waals surface area contributed by atoms with Crippen LogP contribution in [0.25, 0.3) is 22.4 Å². The number of carbonyl (C=O) groups excluding carboxylic acids is 1. The highest BCUT2D eigenvalue weighted by Gasteiger charge is 2.30. The molecule has 40 heavy (non-hydrogen) atoms. The highest BCUT2D eigenvalue weighted by molar-refractivity contribution is 6.12. The number of hydrogen-bond acceptors (Lipinski definition) is 5. The third-order valence-electron chi connectivity index (χ3n) is 6.93. The zero-order valence-electron chi connectivity index (χ0n) is 22.9. The Kier molecular flexibility index (Phi) is 9.90. The molecule has 0 saturated heterocycles. The fourth-order valence-electron chi connectivity index (χ4n) is 5.25. The van der Waals surface area contributed by atoms with Gasteiger partial charge >= 0.3 is 0 Å². The number of aromatic nitrogens is 1. The topological polar surface area (TPSA) is 115 Å². The van der Waals surface area contributed by atoms with Gasteiger partial charge in [-0.3, -0.25) is 4.79 Å². The minimum absolute atomic E-state index is 0.0173. The fourth-order valence-corrected chi connectivity index (χ4v) is 5.25. The molecule has 0 bridgehead atoms. The molecular weight excluding hydrogens is 504 g/mol. The number of carbonyl (C=O) groups is 1. The van der Waals surface area contributed by atoms with Gasteiger partial charge in [0.05, 0.1) is 23.5 Å². The first-order valence-electron chi connectivity index (χ1n) is 13.7. The Balaban J connectivity index is 1.87. The van der Waals surface area contributed by atoms with Gasteiger partial charge in [-0.1, -0.05) is 92.7 Å². The maximum Gasteiger partial charge on any atom is 0.258 e. The molecule has 0 spiro atoms. The van der Waals surface area contributed by atoms with Crippen LogP contribution in [0, 0.1) is 0 Å². The molecule has 2 atom stereocenters. The number of amides is 1. The van der Waals surface area contributed by atoms with Crippen LogP contribution >= 0.6 is 0 Å². The lowest BCUT2D eigenvalue weighted by Crippen LogP contribution is -2.24. The molecule has 0 saturated carbocycles. The molecule has 0 radical (unpaired) electrons. The van der Waals surface area contributed by atoms with Crippen LogP contribution in [0.3, 0.4) is 0 Å². The van der Waals surface area contributed by atoms with Crippen molar-refractivity contribution in [3.8, 4) is 22.4 Å². The van der Waals surface area contributed by atoms with E-state index in [9.17, 15) is 25.2 Å². The monoisotopic (exact) mass is 542 g/mol. The Morgan fingerprint density at radius 3 is 1.85 bits per heavy atom. The lowest BCUT2D eigenvalue weighted by Gasteiger charge is -2.20. The quantitative estimate of drug-likeness (QED) is 0.154. The van der Waals surface area contributed by atoms with Crippen LogP contribution in [0.4, 0.5) is 5.69 Å². The minimum Gasteiger partial charge on any atom is -0.393 e. The molecule has 7 heteroatoms. The van der Waals surface area contributed by atoms with Crippen molar-refractivity contribution in [2.45, 2.75) is 64.1 Å². The predicted molar refractivity (Wildman–Crippen MR) is 158 cm³/mol. The summed E-state index contributed by atoms with van der Waals surface area (Å²) >= 11 is 0. The Labute approximate surface area is 235 Å². The van der Waals surface area contributed by atoms with Crippen LogP contribution in [0.5, 0.6) is 0 Å². The number of rotatable bonds is 12. The van der Waals surface area contributed by atoms with E-state index in [1.807, 2.05) is 91.0 Å². The van der Waals surface area contributed by atoms with Crippen LogP contribution in [-0.2, 0) is 6.54 Å². The summed E-state index contributed by atoms with van der Waals surface area (Å²) in [6.45, 7) is 4.50. The number of hydrogen-bond donors (Lipinski definition) is 5. The van der Waals surface area contributed by atoms with E-state index in [4.69, 9.17) is 0 Å². The summed E-state index contributed by atoms with van der Waals surface area (Å²) in [6, 6.07) is 29.1. The molecule has 1 amide bonds. The van der Waals surface area contributed by atoms with Gasteiger partial charge in [-0.15, -0.1) is 0 Å². The highest BCUT2D eigenvalue weighted by Crippen LogP contribution is 2.42. The van der Waals surface area contributed by atoms with Crippen molar-refractivity contribution in [1.82, 2.24) is 4.57 Å². The number of nitrogens with one attached hydrogen (secondary N) is 1. The van der Waals surface area contributed by atoms with Crippen molar-refractivity contribution in [1.29, 1.82) is 0 Å². The van der Waals surface area contributed by atoms with Gasteiger partial charge < -0.3 is 30.3 Å². The second-order valence-electron chi connectivity index (χ2n) is 10.4. The summed E-state index contributed by atoms with van der Waals surface area (Å²) in [5.74, 6) is -0.235. The van der Waals surface area contributed by atoms with E-state index in [2.05, 4.69) is 23.7 Å². The molecule has 1 heterocycles. The molecule has 5 N–H and O–H groups in total. The SMILES string of the molecule is CC(C)c1c(C(=O)Nc2ccccc2)c(-c2ccccc2)c(-c2ccccc2)n1CC[C@@H](O)C[C@@H](O)CC(O)O. The number of aliphatic hydroxyl groups excluding tert-OH is 3. The van der Waals surface area contributed by atoms with Gasteiger partial charge in [0.25, 0.3) is 5.91 Å². The van der Waals surface area contributed by atoms with Gasteiger partial charge in [-0.05, 0) is 42.0 Å². The molecule has 4 aromatic rings. The maximum absolute atomic E-state index is 14.1. The van der Waals surface area contributed by atoms with Gasteiger partial charge in [0.2, 0.25) is 0 Å². The van der Waals surface area contributed by atoms with Crippen LogP contribution < -0.4 is 5.32 Å². The second kappa shape index (κ2) is 13.5. The molecule has 4 rings (SSSR count). The first-order valence-corrected chi connectivity index (χ1v) is 13.7. The van der Waals surface area contributed by atoms with E-state index in [-0.39, 0.29) is 24.7 Å². The third-order valence-corrected chi connectivity index (χ3v) is 6.93. The van der Waals surface area contributed by atoms with E-state index in [0.29, 0.717) is 24.2 Å². The lowest BCUT2D eigenvalue weighted by atomic mass is 9.94. The first kappa shape index (κ1) is 29.2. The average molecular weight is 543 g/mol. The van der Waals surface area contributed by atoms with Crippen LogP contribution in [0.15, 0.2) is 91.0 Å². The largest absolute Gasteiger partial charge is 0.393 e. The summed E-state index contributed by atoms with van der Waals surface area (Å²) in [5, 5.41) is 42.3. The normalized spacial score (nSPS) is 13.0. The Hall–Kier alpha value is -3.75. The number of para-hydroxylation sites is 1. The van der Waals surface area contributed by atoms with Crippen molar-refractivity contribution in [3.63, 3.8) is 0 Å². The Morgan fingerprint density at radius 1 is 0.750 bits per heavy atom. The minimum atomic E-state index is -1.64. The first-order chi connectivity index (χ1) is 19.3. The molecule has 210 valence electrons. The van der Waals surface area contributed by atoms with Crippen LogP contribution in [0.1, 0.15) is 55.1 Å². The summed E-state index contributed by atoms with van der Waals surface area (Å²) in [4.78, 5) is 14.1. The number of aliphatic hydroxyl groups is 4. The molecule has 0 unspecified atom stereocenters. The summed E-state index contributed by atoms with van der Waals surface area (Å²) < 4.78 is 2.12. The lowest BCUT2D eigenvalue weighted by molar-refractivity contribution is -0.0758. The molecule has 7 nitrogen and oxygen atoms in total.